The zero-order valence-electron chi connectivity index (χ0n) is 11.0. The predicted molar refractivity (Wildman–Crippen MR) is 69.7 cm³/mol. The van der Waals surface area contributed by atoms with E-state index in [-0.39, 0.29) is 23.5 Å². The first-order valence-electron chi connectivity index (χ1n) is 6.11. The first kappa shape index (κ1) is 13.1. The van der Waals surface area contributed by atoms with Crippen LogP contribution in [0.4, 0.5) is 20.2 Å². The maximum atomic E-state index is 13.9. The van der Waals surface area contributed by atoms with Crippen LogP contribution in [0.2, 0.25) is 0 Å². The molecular weight excluding hydrogens is 236 g/mol. The van der Waals surface area contributed by atoms with Crippen molar-refractivity contribution in [2.24, 2.45) is 0 Å². The SMILES string of the molecule is CC1CN(c2c(F)cc(N)cc2F)CC(C)N1C. The summed E-state index contributed by atoms with van der Waals surface area (Å²) < 4.78 is 27.7. The highest BCUT2D eigenvalue weighted by Crippen LogP contribution is 2.28. The van der Waals surface area contributed by atoms with Gasteiger partial charge in [0.2, 0.25) is 0 Å². The summed E-state index contributed by atoms with van der Waals surface area (Å²) in [6, 6.07) is 2.85. The maximum absolute atomic E-state index is 13.9. The Morgan fingerprint density at radius 3 is 2.00 bits per heavy atom. The van der Waals surface area contributed by atoms with Crippen molar-refractivity contribution in [2.75, 3.05) is 30.8 Å². The van der Waals surface area contributed by atoms with Gasteiger partial charge < -0.3 is 10.6 Å². The summed E-state index contributed by atoms with van der Waals surface area (Å²) >= 11 is 0. The number of benzene rings is 1. The number of nitrogen functional groups attached to an aromatic ring is 1. The van der Waals surface area contributed by atoms with Gasteiger partial charge in [-0.3, -0.25) is 4.90 Å². The summed E-state index contributed by atoms with van der Waals surface area (Å²) in [7, 11) is 2.03. The molecule has 2 atom stereocenters. The normalized spacial score (nSPS) is 25.5. The Morgan fingerprint density at radius 2 is 1.56 bits per heavy atom. The second-order valence-corrected chi connectivity index (χ2v) is 5.10. The summed E-state index contributed by atoms with van der Waals surface area (Å²) in [4.78, 5) is 3.98. The first-order chi connectivity index (χ1) is 8.40. The zero-order valence-corrected chi connectivity index (χ0v) is 11.0. The molecule has 18 heavy (non-hydrogen) atoms. The summed E-state index contributed by atoms with van der Waals surface area (Å²) in [6.07, 6.45) is 0. The topological polar surface area (TPSA) is 32.5 Å². The van der Waals surface area contributed by atoms with Crippen molar-refractivity contribution in [3.8, 4) is 0 Å². The molecule has 1 aromatic carbocycles. The molecule has 2 N–H and O–H groups in total. The lowest BCUT2D eigenvalue weighted by Crippen LogP contribution is -2.55. The van der Waals surface area contributed by atoms with E-state index in [1.54, 1.807) is 4.90 Å². The fourth-order valence-electron chi connectivity index (χ4n) is 2.47. The molecule has 1 saturated heterocycles. The average Bonchev–Trinajstić information content (AvgIpc) is 2.24. The van der Waals surface area contributed by atoms with Crippen molar-refractivity contribution in [1.82, 2.24) is 4.90 Å². The lowest BCUT2D eigenvalue weighted by atomic mass is 10.1. The molecule has 1 heterocycles. The molecule has 1 aliphatic heterocycles. The maximum Gasteiger partial charge on any atom is 0.151 e. The second kappa shape index (κ2) is 4.72. The smallest absolute Gasteiger partial charge is 0.151 e. The standard InChI is InChI=1S/C13H19F2N3/c1-8-6-18(7-9(2)17(8)3)13-11(14)4-10(16)5-12(13)15/h4-5,8-9H,6-7,16H2,1-3H3. The number of nitrogens with two attached hydrogens (primary N) is 1. The molecule has 2 rings (SSSR count). The van der Waals surface area contributed by atoms with Crippen LogP contribution >= 0.6 is 0 Å². The molecule has 3 nitrogen and oxygen atoms in total. The van der Waals surface area contributed by atoms with Gasteiger partial charge in [-0.25, -0.2) is 8.78 Å². The first-order valence-corrected chi connectivity index (χ1v) is 6.11. The second-order valence-electron chi connectivity index (χ2n) is 5.10. The van der Waals surface area contributed by atoms with Crippen molar-refractivity contribution in [3.05, 3.63) is 23.8 Å². The number of hydrogen-bond donors (Lipinski definition) is 1. The van der Waals surface area contributed by atoms with E-state index in [0.717, 1.165) is 0 Å². The van der Waals surface area contributed by atoms with E-state index in [4.69, 9.17) is 5.73 Å². The highest BCUT2D eigenvalue weighted by Gasteiger charge is 2.29. The van der Waals surface area contributed by atoms with Crippen molar-refractivity contribution in [2.45, 2.75) is 25.9 Å². The van der Waals surface area contributed by atoms with Crippen molar-refractivity contribution >= 4 is 11.4 Å². The number of anilines is 2. The lowest BCUT2D eigenvalue weighted by Gasteiger charge is -2.43. The third kappa shape index (κ3) is 2.27. The number of halogens is 2. The minimum atomic E-state index is -0.587. The van der Waals surface area contributed by atoms with Gasteiger partial charge in [0.15, 0.2) is 11.6 Å². The van der Waals surface area contributed by atoms with Crippen LogP contribution in [0.15, 0.2) is 12.1 Å². The number of rotatable bonds is 1. The molecule has 0 amide bonds. The van der Waals surface area contributed by atoms with E-state index in [0.29, 0.717) is 13.1 Å². The molecular formula is C13H19F2N3. The highest BCUT2D eigenvalue weighted by molar-refractivity contribution is 5.56. The van der Waals surface area contributed by atoms with Crippen LogP contribution in [0.5, 0.6) is 0 Å². The molecule has 0 bridgehead atoms. The van der Waals surface area contributed by atoms with E-state index in [1.165, 1.54) is 12.1 Å². The minimum Gasteiger partial charge on any atom is -0.399 e. The van der Waals surface area contributed by atoms with Gasteiger partial charge >= 0.3 is 0 Å². The Morgan fingerprint density at radius 1 is 1.11 bits per heavy atom. The van der Waals surface area contributed by atoms with Gasteiger partial charge in [0.25, 0.3) is 0 Å². The summed E-state index contributed by atoms with van der Waals surface area (Å²) in [5, 5.41) is 0. The summed E-state index contributed by atoms with van der Waals surface area (Å²) in [5.41, 5.74) is 5.58. The fraction of sp³-hybridized carbons (Fsp3) is 0.538. The van der Waals surface area contributed by atoms with Gasteiger partial charge in [0, 0.05) is 30.9 Å². The average molecular weight is 255 g/mol. The van der Waals surface area contributed by atoms with E-state index in [1.807, 2.05) is 7.05 Å². The Labute approximate surface area is 106 Å². The fourth-order valence-corrected chi connectivity index (χ4v) is 2.47. The van der Waals surface area contributed by atoms with Gasteiger partial charge in [0.1, 0.15) is 5.69 Å². The van der Waals surface area contributed by atoms with Gasteiger partial charge in [-0.2, -0.15) is 0 Å². The predicted octanol–water partition coefficient (Wildman–Crippen LogP) is 2.08. The number of likely N-dealkylation sites (N-methyl/N-ethyl adjacent to an activating group) is 1. The molecule has 5 heteroatoms. The van der Waals surface area contributed by atoms with Crippen LogP contribution in [-0.4, -0.2) is 37.1 Å². The minimum absolute atomic E-state index is 0.0380. The van der Waals surface area contributed by atoms with Crippen LogP contribution in [0.1, 0.15) is 13.8 Å². The third-order valence-corrected chi connectivity index (χ3v) is 3.72. The number of piperazine rings is 1. The summed E-state index contributed by atoms with van der Waals surface area (Å²) in [6.45, 7) is 5.32. The monoisotopic (exact) mass is 255 g/mol. The van der Waals surface area contributed by atoms with E-state index in [2.05, 4.69) is 18.7 Å². The molecule has 1 aromatic rings. The number of nitrogens with zero attached hydrogens (tertiary/aromatic N) is 2. The third-order valence-electron chi connectivity index (χ3n) is 3.72. The summed E-state index contributed by atoms with van der Waals surface area (Å²) in [5.74, 6) is -1.17. The lowest BCUT2D eigenvalue weighted by molar-refractivity contribution is 0.169. The van der Waals surface area contributed by atoms with Crippen LogP contribution in [0.3, 0.4) is 0 Å². The van der Waals surface area contributed by atoms with Gasteiger partial charge in [-0.05, 0) is 33.0 Å². The Balaban J connectivity index is 2.32. The van der Waals surface area contributed by atoms with Gasteiger partial charge in [0.05, 0.1) is 0 Å². The molecule has 100 valence electrons. The molecule has 0 radical (unpaired) electrons. The highest BCUT2D eigenvalue weighted by atomic mass is 19.1. The van der Waals surface area contributed by atoms with Crippen molar-refractivity contribution in [3.63, 3.8) is 0 Å². The van der Waals surface area contributed by atoms with Gasteiger partial charge in [-0.1, -0.05) is 0 Å². The van der Waals surface area contributed by atoms with Crippen molar-refractivity contribution < 1.29 is 8.78 Å². The Hall–Kier alpha value is -1.36. The van der Waals surface area contributed by atoms with Crippen LogP contribution < -0.4 is 10.6 Å². The molecule has 0 saturated carbocycles. The Bertz CT molecular complexity index is 415. The molecule has 2 unspecified atom stereocenters. The molecule has 1 fully saturated rings. The quantitative estimate of drug-likeness (QED) is 0.780. The van der Waals surface area contributed by atoms with Gasteiger partial charge in [-0.15, -0.1) is 0 Å². The van der Waals surface area contributed by atoms with Crippen LogP contribution in [-0.2, 0) is 0 Å². The van der Waals surface area contributed by atoms with E-state index in [9.17, 15) is 8.78 Å². The molecule has 0 aliphatic carbocycles. The Kier molecular flexibility index (Phi) is 3.43. The molecule has 0 spiro atoms. The van der Waals surface area contributed by atoms with Crippen molar-refractivity contribution in [1.29, 1.82) is 0 Å². The van der Waals surface area contributed by atoms with Crippen LogP contribution in [0.25, 0.3) is 0 Å². The largest absolute Gasteiger partial charge is 0.399 e. The van der Waals surface area contributed by atoms with Crippen LogP contribution in [0, 0.1) is 11.6 Å². The molecule has 0 aromatic heterocycles. The van der Waals surface area contributed by atoms with E-state index >= 15 is 0 Å². The number of hydrogen-bond acceptors (Lipinski definition) is 3. The van der Waals surface area contributed by atoms with E-state index < -0.39 is 11.6 Å². The zero-order chi connectivity index (χ0) is 13.4. The molecule has 1 aliphatic rings.